The van der Waals surface area contributed by atoms with Gasteiger partial charge in [-0.3, -0.25) is 9.69 Å². The fourth-order valence-electron chi connectivity index (χ4n) is 4.17. The first-order chi connectivity index (χ1) is 17.1. The number of nitrogens with one attached hydrogen (secondary N) is 1. The van der Waals surface area contributed by atoms with E-state index in [-0.39, 0.29) is 36.4 Å². The van der Waals surface area contributed by atoms with Crippen LogP contribution in [0.4, 0.5) is 5.69 Å². The first-order valence-electron chi connectivity index (χ1n) is 12.3. The normalized spacial score (nSPS) is 16.7. The molecule has 0 radical (unpaired) electrons. The van der Waals surface area contributed by atoms with E-state index < -0.39 is 22.2 Å². The van der Waals surface area contributed by atoms with Crippen LogP contribution in [-0.4, -0.2) is 86.7 Å². The number of nitrogens with two attached hydrogens (primary N) is 1. The van der Waals surface area contributed by atoms with Crippen molar-refractivity contribution in [2.75, 3.05) is 51.7 Å². The van der Waals surface area contributed by atoms with Crippen LogP contribution in [0.5, 0.6) is 0 Å². The molecule has 4 N–H and O–H groups in total. The van der Waals surface area contributed by atoms with Crippen LogP contribution in [0.1, 0.15) is 19.4 Å². The second-order valence-corrected chi connectivity index (χ2v) is 11.5. The molecule has 1 fully saturated rings. The van der Waals surface area contributed by atoms with E-state index in [0.717, 1.165) is 5.56 Å². The van der Waals surface area contributed by atoms with Crippen LogP contribution in [0, 0.1) is 5.92 Å². The minimum absolute atomic E-state index is 0.0317. The largest absolute Gasteiger partial charge is 0.399 e. The van der Waals surface area contributed by atoms with E-state index in [0.29, 0.717) is 38.4 Å². The van der Waals surface area contributed by atoms with E-state index in [1.54, 1.807) is 12.1 Å². The van der Waals surface area contributed by atoms with E-state index in [1.165, 1.54) is 16.4 Å². The van der Waals surface area contributed by atoms with Crippen molar-refractivity contribution in [2.24, 2.45) is 5.92 Å². The summed E-state index contributed by atoms with van der Waals surface area (Å²) < 4.78 is 33.5. The highest BCUT2D eigenvalue weighted by Crippen LogP contribution is 2.20. The first-order valence-corrected chi connectivity index (χ1v) is 13.8. The summed E-state index contributed by atoms with van der Waals surface area (Å²) >= 11 is 0. The SMILES string of the molecule is CC(C)CN(C[C@@H](O)[C@H](Cc1ccccc1)NC(=O)CN1CCOCC1)S(=O)(=O)c1ccc(N)cc1. The van der Waals surface area contributed by atoms with Gasteiger partial charge in [0.1, 0.15) is 0 Å². The molecule has 0 aromatic heterocycles. The van der Waals surface area contributed by atoms with Gasteiger partial charge in [-0.2, -0.15) is 4.31 Å². The first kappa shape index (κ1) is 28.1. The molecule has 10 heteroatoms. The Bertz CT molecular complexity index is 1060. The Morgan fingerprint density at radius 2 is 1.72 bits per heavy atom. The molecule has 0 aliphatic carbocycles. The van der Waals surface area contributed by atoms with Gasteiger partial charge in [-0.15, -0.1) is 0 Å². The molecule has 1 aliphatic rings. The lowest BCUT2D eigenvalue weighted by molar-refractivity contribution is -0.124. The van der Waals surface area contributed by atoms with Gasteiger partial charge in [0.25, 0.3) is 0 Å². The summed E-state index contributed by atoms with van der Waals surface area (Å²) in [5, 5.41) is 14.2. The van der Waals surface area contributed by atoms with Crippen LogP contribution in [0.15, 0.2) is 59.5 Å². The molecule has 3 rings (SSSR count). The lowest BCUT2D eigenvalue weighted by Crippen LogP contribution is -2.53. The summed E-state index contributed by atoms with van der Waals surface area (Å²) in [7, 11) is -3.88. The lowest BCUT2D eigenvalue weighted by Gasteiger charge is -2.32. The third kappa shape index (κ3) is 8.28. The number of nitrogen functional groups attached to an aromatic ring is 1. The van der Waals surface area contributed by atoms with Crippen molar-refractivity contribution in [1.29, 1.82) is 0 Å². The maximum atomic E-state index is 13.4. The number of anilines is 1. The van der Waals surface area contributed by atoms with Crippen LogP contribution in [-0.2, 0) is 26.0 Å². The summed E-state index contributed by atoms with van der Waals surface area (Å²) in [4.78, 5) is 15.0. The van der Waals surface area contributed by atoms with Crippen LogP contribution < -0.4 is 11.1 Å². The molecule has 0 bridgehead atoms. The minimum Gasteiger partial charge on any atom is -0.399 e. The highest BCUT2D eigenvalue weighted by Gasteiger charge is 2.31. The molecule has 198 valence electrons. The Kier molecular flexibility index (Phi) is 10.3. The Balaban J connectivity index is 1.79. The number of ether oxygens (including phenoxy) is 1. The van der Waals surface area contributed by atoms with Crippen molar-refractivity contribution in [2.45, 2.75) is 37.3 Å². The van der Waals surface area contributed by atoms with E-state index in [4.69, 9.17) is 10.5 Å². The van der Waals surface area contributed by atoms with E-state index in [2.05, 4.69) is 5.32 Å². The van der Waals surface area contributed by atoms with E-state index in [9.17, 15) is 18.3 Å². The fourth-order valence-corrected chi connectivity index (χ4v) is 5.79. The number of sulfonamides is 1. The Hall–Kier alpha value is -2.50. The average molecular weight is 519 g/mol. The quantitative estimate of drug-likeness (QED) is 0.362. The van der Waals surface area contributed by atoms with Gasteiger partial charge >= 0.3 is 0 Å². The molecule has 2 aromatic carbocycles. The topological polar surface area (TPSA) is 125 Å². The second kappa shape index (κ2) is 13.2. The van der Waals surface area contributed by atoms with E-state index >= 15 is 0 Å². The van der Waals surface area contributed by atoms with Gasteiger partial charge < -0.3 is 20.9 Å². The molecule has 1 saturated heterocycles. The van der Waals surface area contributed by atoms with Gasteiger partial charge in [-0.1, -0.05) is 44.2 Å². The number of hydrogen-bond acceptors (Lipinski definition) is 7. The number of aliphatic hydroxyl groups excluding tert-OH is 1. The Morgan fingerprint density at radius 3 is 2.33 bits per heavy atom. The Morgan fingerprint density at radius 1 is 1.08 bits per heavy atom. The highest BCUT2D eigenvalue weighted by atomic mass is 32.2. The smallest absolute Gasteiger partial charge is 0.243 e. The lowest BCUT2D eigenvalue weighted by atomic mass is 10.0. The summed E-state index contributed by atoms with van der Waals surface area (Å²) in [5.41, 5.74) is 7.14. The molecule has 9 nitrogen and oxygen atoms in total. The average Bonchev–Trinajstić information content (AvgIpc) is 2.84. The Labute approximate surface area is 214 Å². The van der Waals surface area contributed by atoms with Gasteiger partial charge in [0.05, 0.1) is 36.8 Å². The molecule has 2 atom stereocenters. The van der Waals surface area contributed by atoms with Crippen LogP contribution >= 0.6 is 0 Å². The number of aliphatic hydroxyl groups is 1. The van der Waals surface area contributed by atoms with Crippen molar-refractivity contribution in [3.63, 3.8) is 0 Å². The van der Waals surface area contributed by atoms with Gasteiger partial charge in [-0.05, 0) is 42.2 Å². The fraction of sp³-hybridized carbons (Fsp3) is 0.500. The van der Waals surface area contributed by atoms with Gasteiger partial charge in [-0.25, -0.2) is 8.42 Å². The van der Waals surface area contributed by atoms with Gasteiger partial charge in [0.2, 0.25) is 15.9 Å². The molecule has 1 amide bonds. The standard InChI is InChI=1S/C26H38N4O5S/c1-20(2)17-30(36(33,34)23-10-8-22(27)9-11-23)18-25(31)24(16-21-6-4-3-5-7-21)28-26(32)19-29-12-14-35-15-13-29/h3-11,20,24-25,31H,12-19,27H2,1-2H3,(H,28,32)/t24-,25+/m0/s1. The number of benzene rings is 2. The molecule has 36 heavy (non-hydrogen) atoms. The zero-order chi connectivity index (χ0) is 26.1. The summed E-state index contributed by atoms with van der Waals surface area (Å²) in [5.74, 6) is -0.182. The molecule has 0 saturated carbocycles. The number of carbonyl (C=O) groups is 1. The zero-order valence-electron chi connectivity index (χ0n) is 21.0. The number of carbonyl (C=O) groups excluding carboxylic acids is 1. The van der Waals surface area contributed by atoms with Gasteiger partial charge in [0.15, 0.2) is 0 Å². The number of morpholine rings is 1. The number of hydrogen-bond donors (Lipinski definition) is 3. The monoisotopic (exact) mass is 518 g/mol. The predicted octanol–water partition coefficient (Wildman–Crippen LogP) is 1.34. The third-order valence-corrected chi connectivity index (χ3v) is 7.90. The third-order valence-electron chi connectivity index (χ3n) is 6.06. The predicted molar refractivity (Wildman–Crippen MR) is 140 cm³/mol. The maximum Gasteiger partial charge on any atom is 0.243 e. The van der Waals surface area contributed by atoms with Crippen LogP contribution in [0.3, 0.4) is 0 Å². The molecule has 0 spiro atoms. The van der Waals surface area contributed by atoms with Crippen molar-refractivity contribution < 1.29 is 23.1 Å². The second-order valence-electron chi connectivity index (χ2n) is 9.60. The molecular formula is C26H38N4O5S. The number of rotatable bonds is 12. The van der Waals surface area contributed by atoms with Gasteiger partial charge in [0, 0.05) is 31.9 Å². The molecule has 1 heterocycles. The maximum absolute atomic E-state index is 13.4. The molecule has 2 aromatic rings. The number of amides is 1. The summed E-state index contributed by atoms with van der Waals surface area (Å²) in [6.45, 7) is 6.60. The zero-order valence-corrected chi connectivity index (χ0v) is 21.9. The number of nitrogens with zero attached hydrogens (tertiary/aromatic N) is 2. The van der Waals surface area contributed by atoms with Crippen molar-refractivity contribution in [3.05, 3.63) is 60.2 Å². The summed E-state index contributed by atoms with van der Waals surface area (Å²) in [6.07, 6.45) is -0.755. The van der Waals surface area contributed by atoms with Crippen LogP contribution in [0.25, 0.3) is 0 Å². The molecule has 1 aliphatic heterocycles. The highest BCUT2D eigenvalue weighted by molar-refractivity contribution is 7.89. The summed E-state index contributed by atoms with van der Waals surface area (Å²) in [6, 6.07) is 14.9. The van der Waals surface area contributed by atoms with Crippen molar-refractivity contribution in [3.8, 4) is 0 Å². The van der Waals surface area contributed by atoms with Crippen molar-refractivity contribution >= 4 is 21.6 Å². The molecular weight excluding hydrogens is 480 g/mol. The van der Waals surface area contributed by atoms with Crippen LogP contribution in [0.2, 0.25) is 0 Å². The van der Waals surface area contributed by atoms with Crippen molar-refractivity contribution in [1.82, 2.24) is 14.5 Å². The molecule has 0 unspecified atom stereocenters. The van der Waals surface area contributed by atoms with E-state index in [1.807, 2.05) is 49.1 Å². The minimum atomic E-state index is -3.88.